The van der Waals surface area contributed by atoms with Gasteiger partial charge in [-0.05, 0) is 37.2 Å². The zero-order valence-corrected chi connectivity index (χ0v) is 13.7. The summed E-state index contributed by atoms with van der Waals surface area (Å²) >= 11 is 0. The average molecular weight is 330 g/mol. The number of benzene rings is 1. The molecule has 4 rings (SSSR count). The number of rotatable bonds is 4. The van der Waals surface area contributed by atoms with Crippen molar-refractivity contribution in [3.63, 3.8) is 0 Å². The van der Waals surface area contributed by atoms with E-state index in [-0.39, 0.29) is 36.5 Å². The van der Waals surface area contributed by atoms with Crippen LogP contribution < -0.4 is 5.32 Å². The molecule has 0 radical (unpaired) electrons. The number of likely N-dealkylation sites (tertiary alicyclic amines) is 1. The van der Waals surface area contributed by atoms with Crippen molar-refractivity contribution < 1.29 is 14.0 Å². The largest absolute Gasteiger partial charge is 0.353 e. The van der Waals surface area contributed by atoms with Crippen LogP contribution in [0.2, 0.25) is 0 Å². The van der Waals surface area contributed by atoms with Crippen molar-refractivity contribution in [1.82, 2.24) is 10.2 Å². The highest BCUT2D eigenvalue weighted by Crippen LogP contribution is 2.44. The van der Waals surface area contributed by atoms with Crippen molar-refractivity contribution >= 4 is 11.8 Å². The molecule has 4 nitrogen and oxygen atoms in total. The molecule has 0 spiro atoms. The quantitative estimate of drug-likeness (QED) is 0.922. The van der Waals surface area contributed by atoms with Gasteiger partial charge in [-0.2, -0.15) is 0 Å². The standard InChI is InChI=1S/C19H23FN2O2/c20-16-4-2-1-3-14(16)10-22-11-15(9-18(22)23)19(24)21-17-8-12-5-6-13(17)7-12/h1-4,12-13,15,17H,5-11H2,(H,21,24)/t12-,13-,15+,17-/m0/s1. The molecular formula is C19H23FN2O2. The Balaban J connectivity index is 1.35. The lowest BCUT2D eigenvalue weighted by Gasteiger charge is -2.24. The summed E-state index contributed by atoms with van der Waals surface area (Å²) in [5.74, 6) is 0.737. The van der Waals surface area contributed by atoms with Crippen molar-refractivity contribution in [1.29, 1.82) is 0 Å². The number of fused-ring (bicyclic) bond motifs is 2. The number of carbonyl (C=O) groups is 2. The normalized spacial score (nSPS) is 31.7. The highest BCUT2D eigenvalue weighted by Gasteiger charge is 2.42. The number of nitrogens with zero attached hydrogens (tertiary/aromatic N) is 1. The maximum absolute atomic E-state index is 13.8. The fourth-order valence-electron chi connectivity index (χ4n) is 4.65. The fraction of sp³-hybridized carbons (Fsp3) is 0.579. The zero-order chi connectivity index (χ0) is 16.7. The van der Waals surface area contributed by atoms with E-state index in [0.29, 0.717) is 24.1 Å². The molecule has 128 valence electrons. The molecule has 3 fully saturated rings. The molecule has 2 amide bonds. The van der Waals surface area contributed by atoms with Crippen LogP contribution in [-0.4, -0.2) is 29.3 Å². The summed E-state index contributed by atoms with van der Waals surface area (Å²) in [4.78, 5) is 26.3. The molecular weight excluding hydrogens is 307 g/mol. The van der Waals surface area contributed by atoms with Crippen molar-refractivity contribution in [2.45, 2.75) is 44.7 Å². The van der Waals surface area contributed by atoms with Crippen LogP contribution in [0.25, 0.3) is 0 Å². The lowest BCUT2D eigenvalue weighted by Crippen LogP contribution is -2.42. The number of hydrogen-bond acceptors (Lipinski definition) is 2. The lowest BCUT2D eigenvalue weighted by atomic mass is 9.94. The summed E-state index contributed by atoms with van der Waals surface area (Å²) in [5.41, 5.74) is 0.500. The SMILES string of the molecule is O=C(N[C@H]1C[C@H]2CC[C@H]1C2)[C@@H]1CC(=O)N(Cc2ccccc2F)C1. The maximum atomic E-state index is 13.8. The van der Waals surface area contributed by atoms with Gasteiger partial charge in [-0.15, -0.1) is 0 Å². The van der Waals surface area contributed by atoms with Crippen molar-refractivity contribution in [2.24, 2.45) is 17.8 Å². The Morgan fingerprint density at radius 2 is 2.08 bits per heavy atom. The van der Waals surface area contributed by atoms with Crippen LogP contribution in [-0.2, 0) is 16.1 Å². The van der Waals surface area contributed by atoms with E-state index >= 15 is 0 Å². The van der Waals surface area contributed by atoms with Crippen molar-refractivity contribution in [3.05, 3.63) is 35.6 Å². The molecule has 3 aliphatic rings. The van der Waals surface area contributed by atoms with Gasteiger partial charge in [0.15, 0.2) is 0 Å². The topological polar surface area (TPSA) is 49.4 Å². The predicted octanol–water partition coefficient (Wildman–Crippen LogP) is 2.48. The molecule has 24 heavy (non-hydrogen) atoms. The summed E-state index contributed by atoms with van der Waals surface area (Å²) < 4.78 is 13.8. The van der Waals surface area contributed by atoms with Crippen LogP contribution in [0, 0.1) is 23.6 Å². The first-order valence-corrected chi connectivity index (χ1v) is 8.91. The minimum absolute atomic E-state index is 0.00284. The summed E-state index contributed by atoms with van der Waals surface area (Å²) in [6.07, 6.45) is 5.10. The summed E-state index contributed by atoms with van der Waals surface area (Å²) in [6.45, 7) is 0.628. The van der Waals surface area contributed by atoms with Crippen LogP contribution in [0.1, 0.15) is 37.7 Å². The minimum atomic E-state index is -0.305. The van der Waals surface area contributed by atoms with Gasteiger partial charge in [0.25, 0.3) is 0 Å². The van der Waals surface area contributed by atoms with Crippen LogP contribution in [0.3, 0.4) is 0 Å². The second-order valence-electron chi connectivity index (χ2n) is 7.56. The number of carbonyl (C=O) groups excluding carboxylic acids is 2. The Morgan fingerprint density at radius 1 is 1.25 bits per heavy atom. The summed E-state index contributed by atoms with van der Waals surface area (Å²) in [5, 5.41) is 3.18. The van der Waals surface area contributed by atoms with Gasteiger partial charge >= 0.3 is 0 Å². The van der Waals surface area contributed by atoms with Crippen molar-refractivity contribution in [3.8, 4) is 0 Å². The molecule has 4 atom stereocenters. The average Bonchev–Trinajstić information content (AvgIpc) is 3.26. The molecule has 1 saturated heterocycles. The summed E-state index contributed by atoms with van der Waals surface area (Å²) in [6, 6.07) is 6.78. The Bertz CT molecular complexity index is 663. The van der Waals surface area contributed by atoms with Crippen LogP contribution in [0.5, 0.6) is 0 Å². The third-order valence-corrected chi connectivity index (χ3v) is 5.97. The van der Waals surface area contributed by atoms with Gasteiger partial charge in [-0.25, -0.2) is 4.39 Å². The Hall–Kier alpha value is -1.91. The minimum Gasteiger partial charge on any atom is -0.353 e. The van der Waals surface area contributed by atoms with Gasteiger partial charge in [-0.3, -0.25) is 9.59 Å². The molecule has 2 saturated carbocycles. The van der Waals surface area contributed by atoms with E-state index in [4.69, 9.17) is 0 Å². The van der Waals surface area contributed by atoms with Gasteiger partial charge in [0.05, 0.1) is 5.92 Å². The number of halogens is 1. The number of nitrogens with one attached hydrogen (secondary N) is 1. The van der Waals surface area contributed by atoms with Crippen LogP contribution in [0.15, 0.2) is 24.3 Å². The first-order chi connectivity index (χ1) is 11.6. The van der Waals surface area contributed by atoms with Crippen LogP contribution >= 0.6 is 0 Å². The lowest BCUT2D eigenvalue weighted by molar-refractivity contribution is -0.129. The molecule has 2 bridgehead atoms. The fourth-order valence-corrected chi connectivity index (χ4v) is 4.65. The summed E-state index contributed by atoms with van der Waals surface area (Å²) in [7, 11) is 0. The monoisotopic (exact) mass is 330 g/mol. The maximum Gasteiger partial charge on any atom is 0.225 e. The third kappa shape index (κ3) is 2.92. The molecule has 0 unspecified atom stereocenters. The van der Waals surface area contributed by atoms with Gasteiger partial charge in [0.2, 0.25) is 11.8 Å². The highest BCUT2D eigenvalue weighted by molar-refractivity contribution is 5.89. The second kappa shape index (κ2) is 6.19. The Morgan fingerprint density at radius 3 is 2.79 bits per heavy atom. The highest BCUT2D eigenvalue weighted by atomic mass is 19.1. The molecule has 1 N–H and O–H groups in total. The predicted molar refractivity (Wildman–Crippen MR) is 87.3 cm³/mol. The van der Waals surface area contributed by atoms with E-state index in [0.717, 1.165) is 12.3 Å². The van der Waals surface area contributed by atoms with E-state index in [1.807, 2.05) is 0 Å². The molecule has 1 heterocycles. The van der Waals surface area contributed by atoms with E-state index in [2.05, 4.69) is 5.32 Å². The molecule has 1 aliphatic heterocycles. The third-order valence-electron chi connectivity index (χ3n) is 5.97. The second-order valence-corrected chi connectivity index (χ2v) is 7.56. The molecule has 2 aliphatic carbocycles. The Labute approximate surface area is 141 Å². The van der Waals surface area contributed by atoms with Crippen LogP contribution in [0.4, 0.5) is 4.39 Å². The van der Waals surface area contributed by atoms with E-state index in [1.165, 1.54) is 25.3 Å². The number of amides is 2. The first kappa shape index (κ1) is 15.6. The van der Waals surface area contributed by atoms with E-state index in [1.54, 1.807) is 23.1 Å². The van der Waals surface area contributed by atoms with Gasteiger partial charge < -0.3 is 10.2 Å². The Kier molecular flexibility index (Phi) is 4.02. The smallest absolute Gasteiger partial charge is 0.225 e. The molecule has 5 heteroatoms. The van der Waals surface area contributed by atoms with Gasteiger partial charge in [0.1, 0.15) is 5.82 Å². The van der Waals surface area contributed by atoms with E-state index in [9.17, 15) is 14.0 Å². The van der Waals surface area contributed by atoms with Crippen molar-refractivity contribution in [2.75, 3.05) is 6.54 Å². The zero-order valence-electron chi connectivity index (χ0n) is 13.7. The molecule has 1 aromatic carbocycles. The number of hydrogen-bond donors (Lipinski definition) is 1. The first-order valence-electron chi connectivity index (χ1n) is 8.91. The van der Waals surface area contributed by atoms with Gasteiger partial charge in [0, 0.05) is 31.1 Å². The molecule has 1 aromatic rings. The van der Waals surface area contributed by atoms with E-state index < -0.39 is 0 Å². The van der Waals surface area contributed by atoms with Gasteiger partial charge in [-0.1, -0.05) is 24.6 Å². The molecule has 0 aromatic heterocycles.